The van der Waals surface area contributed by atoms with Crippen molar-refractivity contribution in [3.8, 4) is 0 Å². The smallest absolute Gasteiger partial charge is 0.242 e. The van der Waals surface area contributed by atoms with Crippen LogP contribution in [0.4, 0.5) is 0 Å². The van der Waals surface area contributed by atoms with Crippen LogP contribution >= 0.6 is 0 Å². The zero-order chi connectivity index (χ0) is 11.7. The summed E-state index contributed by atoms with van der Waals surface area (Å²) in [4.78, 5) is 25.5. The Bertz CT molecular complexity index is 306. The van der Waals surface area contributed by atoms with Gasteiger partial charge in [-0.05, 0) is 19.4 Å². The molecule has 2 aliphatic rings. The van der Waals surface area contributed by atoms with Crippen LogP contribution in [-0.2, 0) is 9.59 Å². The van der Waals surface area contributed by atoms with E-state index in [4.69, 9.17) is 0 Å². The first-order valence-electron chi connectivity index (χ1n) is 5.90. The van der Waals surface area contributed by atoms with Gasteiger partial charge in [-0.1, -0.05) is 6.92 Å². The first-order valence-corrected chi connectivity index (χ1v) is 5.90. The molecule has 0 aliphatic carbocycles. The van der Waals surface area contributed by atoms with Crippen molar-refractivity contribution in [2.24, 2.45) is 11.8 Å². The molecule has 2 N–H and O–H groups in total. The molecule has 0 aromatic rings. The van der Waals surface area contributed by atoms with Crippen LogP contribution in [0.3, 0.4) is 0 Å². The lowest BCUT2D eigenvalue weighted by Crippen LogP contribution is -2.57. The average molecular weight is 225 g/mol. The number of carbonyl (C=O) groups excluding carboxylic acids is 2. The third-order valence-electron chi connectivity index (χ3n) is 3.62. The third-order valence-corrected chi connectivity index (χ3v) is 3.62. The molecule has 0 aromatic carbocycles. The zero-order valence-electron chi connectivity index (χ0n) is 9.82. The lowest BCUT2D eigenvalue weighted by molar-refractivity contribution is -0.145. The second kappa shape index (κ2) is 4.41. The number of amides is 2. The maximum atomic E-state index is 12.3. The maximum absolute atomic E-state index is 12.3. The van der Waals surface area contributed by atoms with Gasteiger partial charge in [0.15, 0.2) is 0 Å². The van der Waals surface area contributed by atoms with E-state index in [0.717, 1.165) is 13.1 Å². The lowest BCUT2D eigenvalue weighted by Gasteiger charge is -2.35. The first-order chi connectivity index (χ1) is 7.61. The first kappa shape index (κ1) is 11.4. The molecule has 0 spiro atoms. The van der Waals surface area contributed by atoms with Crippen LogP contribution in [-0.4, -0.2) is 48.9 Å². The Morgan fingerprint density at radius 2 is 2.12 bits per heavy atom. The van der Waals surface area contributed by atoms with Crippen molar-refractivity contribution < 1.29 is 9.59 Å². The number of rotatable bonds is 1. The van der Waals surface area contributed by atoms with E-state index < -0.39 is 0 Å². The molecule has 2 aliphatic heterocycles. The molecular formula is C11H19N3O2. The Hall–Kier alpha value is -1.10. The van der Waals surface area contributed by atoms with E-state index in [0.29, 0.717) is 19.0 Å². The normalized spacial score (nSPS) is 35.0. The van der Waals surface area contributed by atoms with Crippen molar-refractivity contribution in [1.29, 1.82) is 0 Å². The quantitative estimate of drug-likeness (QED) is 0.613. The van der Waals surface area contributed by atoms with Gasteiger partial charge in [-0.15, -0.1) is 0 Å². The van der Waals surface area contributed by atoms with Gasteiger partial charge in [0, 0.05) is 19.6 Å². The summed E-state index contributed by atoms with van der Waals surface area (Å²) >= 11 is 0. The molecule has 2 rings (SSSR count). The average Bonchev–Trinajstić information content (AvgIpc) is 2.68. The Morgan fingerprint density at radius 3 is 2.75 bits per heavy atom. The molecule has 2 fully saturated rings. The minimum absolute atomic E-state index is 0.0355. The highest BCUT2D eigenvalue weighted by Gasteiger charge is 2.37. The molecule has 0 saturated carbocycles. The van der Waals surface area contributed by atoms with Gasteiger partial charge in [-0.25, -0.2) is 0 Å². The van der Waals surface area contributed by atoms with E-state index in [-0.39, 0.29) is 23.8 Å². The van der Waals surface area contributed by atoms with E-state index in [1.54, 1.807) is 11.8 Å². The van der Waals surface area contributed by atoms with Crippen molar-refractivity contribution in [1.82, 2.24) is 15.5 Å². The van der Waals surface area contributed by atoms with Gasteiger partial charge in [0.25, 0.3) is 0 Å². The molecular weight excluding hydrogens is 206 g/mol. The van der Waals surface area contributed by atoms with Crippen molar-refractivity contribution in [2.75, 3.05) is 26.2 Å². The summed E-state index contributed by atoms with van der Waals surface area (Å²) in [6.45, 7) is 6.71. The summed E-state index contributed by atoms with van der Waals surface area (Å²) in [5.41, 5.74) is 0. The van der Waals surface area contributed by atoms with E-state index in [1.807, 2.05) is 0 Å². The Kier molecular flexibility index (Phi) is 3.14. The van der Waals surface area contributed by atoms with Crippen LogP contribution in [0.1, 0.15) is 13.8 Å². The predicted molar refractivity (Wildman–Crippen MR) is 59.7 cm³/mol. The van der Waals surface area contributed by atoms with Gasteiger partial charge < -0.3 is 15.5 Å². The van der Waals surface area contributed by atoms with Gasteiger partial charge in [-0.3, -0.25) is 9.59 Å². The van der Waals surface area contributed by atoms with E-state index in [9.17, 15) is 9.59 Å². The summed E-state index contributed by atoms with van der Waals surface area (Å²) in [5.74, 6) is 0.482. The highest BCUT2D eigenvalue weighted by atomic mass is 16.2. The van der Waals surface area contributed by atoms with E-state index in [2.05, 4.69) is 17.6 Å². The fraction of sp³-hybridized carbons (Fsp3) is 0.818. The topological polar surface area (TPSA) is 61.4 Å². The number of hydrogen-bond acceptors (Lipinski definition) is 3. The van der Waals surface area contributed by atoms with Gasteiger partial charge >= 0.3 is 0 Å². The van der Waals surface area contributed by atoms with Crippen LogP contribution in [0.15, 0.2) is 0 Å². The minimum atomic E-state index is -0.325. The molecule has 0 bridgehead atoms. The van der Waals surface area contributed by atoms with Crippen molar-refractivity contribution in [3.05, 3.63) is 0 Å². The van der Waals surface area contributed by atoms with Crippen molar-refractivity contribution in [2.45, 2.75) is 19.9 Å². The highest BCUT2D eigenvalue weighted by molar-refractivity contribution is 5.89. The number of nitrogens with zero attached hydrogens (tertiary/aromatic N) is 1. The second-order valence-corrected chi connectivity index (χ2v) is 4.74. The Labute approximate surface area is 95.6 Å². The number of carbonyl (C=O) groups is 2. The maximum Gasteiger partial charge on any atom is 0.242 e. The monoisotopic (exact) mass is 225 g/mol. The Morgan fingerprint density at radius 1 is 1.38 bits per heavy atom. The van der Waals surface area contributed by atoms with Crippen LogP contribution in [0.2, 0.25) is 0 Å². The van der Waals surface area contributed by atoms with E-state index >= 15 is 0 Å². The molecule has 5 heteroatoms. The molecule has 5 nitrogen and oxygen atoms in total. The number of hydrogen-bond donors (Lipinski definition) is 2. The summed E-state index contributed by atoms with van der Waals surface area (Å²) in [7, 11) is 0. The largest absolute Gasteiger partial charge is 0.353 e. The van der Waals surface area contributed by atoms with Crippen LogP contribution in [0, 0.1) is 11.8 Å². The molecule has 1 unspecified atom stereocenters. The summed E-state index contributed by atoms with van der Waals surface area (Å²) < 4.78 is 0. The summed E-state index contributed by atoms with van der Waals surface area (Å²) in [6.07, 6.45) is 0. The molecule has 16 heavy (non-hydrogen) atoms. The second-order valence-electron chi connectivity index (χ2n) is 4.74. The molecule has 2 saturated heterocycles. The van der Waals surface area contributed by atoms with Gasteiger partial charge in [-0.2, -0.15) is 0 Å². The fourth-order valence-corrected chi connectivity index (χ4v) is 2.44. The lowest BCUT2D eigenvalue weighted by atomic mass is 9.95. The zero-order valence-corrected chi connectivity index (χ0v) is 9.82. The molecule has 3 atom stereocenters. The fourth-order valence-electron chi connectivity index (χ4n) is 2.44. The van der Waals surface area contributed by atoms with Crippen LogP contribution < -0.4 is 10.6 Å². The SMILES string of the molecule is CC1C(=O)NCCN1C(=O)[C@@H]1CNC[C@H]1C. The predicted octanol–water partition coefficient (Wildman–Crippen LogP) is -0.811. The number of piperazine rings is 1. The molecule has 0 radical (unpaired) electrons. The molecule has 2 heterocycles. The summed E-state index contributed by atoms with van der Waals surface area (Å²) in [5, 5.41) is 5.99. The van der Waals surface area contributed by atoms with Gasteiger partial charge in [0.2, 0.25) is 11.8 Å². The van der Waals surface area contributed by atoms with Crippen molar-refractivity contribution >= 4 is 11.8 Å². The van der Waals surface area contributed by atoms with E-state index in [1.165, 1.54) is 0 Å². The number of nitrogens with one attached hydrogen (secondary N) is 2. The molecule has 2 amide bonds. The standard InChI is InChI=1S/C11H19N3O2/c1-7-5-12-6-9(7)11(16)14-4-3-13-10(15)8(14)2/h7-9,12H,3-6H2,1-2H3,(H,13,15)/t7-,8?,9-/m1/s1. The van der Waals surface area contributed by atoms with Crippen molar-refractivity contribution in [3.63, 3.8) is 0 Å². The molecule has 0 aromatic heterocycles. The van der Waals surface area contributed by atoms with Crippen LogP contribution in [0.5, 0.6) is 0 Å². The van der Waals surface area contributed by atoms with Gasteiger partial charge in [0.05, 0.1) is 5.92 Å². The highest BCUT2D eigenvalue weighted by Crippen LogP contribution is 2.20. The molecule has 90 valence electrons. The summed E-state index contributed by atoms with van der Waals surface area (Å²) in [6, 6.07) is -0.325. The van der Waals surface area contributed by atoms with Gasteiger partial charge in [0.1, 0.15) is 6.04 Å². The Balaban J connectivity index is 2.05. The van der Waals surface area contributed by atoms with Crippen LogP contribution in [0.25, 0.3) is 0 Å². The third kappa shape index (κ3) is 1.91. The minimum Gasteiger partial charge on any atom is -0.353 e.